The number of hydrogen-bond acceptors (Lipinski definition) is 4. The third-order valence-corrected chi connectivity index (χ3v) is 3.24. The number of hydrogen-bond donors (Lipinski definition) is 1. The Bertz CT molecular complexity index is 510. The molecule has 1 N–H and O–H groups in total. The van der Waals surface area contributed by atoms with Gasteiger partial charge in [0.05, 0.1) is 4.92 Å². The first-order valence-corrected chi connectivity index (χ1v) is 6.97. The summed E-state index contributed by atoms with van der Waals surface area (Å²) in [6, 6.07) is 4.70. The molecule has 0 radical (unpaired) electrons. The van der Waals surface area contributed by atoms with Gasteiger partial charge in [0.2, 0.25) is 0 Å². The molecular weight excluding hydrogens is 324 g/mol. The van der Waals surface area contributed by atoms with Gasteiger partial charge in [0.1, 0.15) is 16.8 Å². The molecule has 0 aliphatic rings. The third kappa shape index (κ3) is 5.30. The van der Waals surface area contributed by atoms with Gasteiger partial charge in [0.25, 0.3) is 5.69 Å². The number of nitrogens with zero attached hydrogens (tertiary/aromatic N) is 1. The Balaban J connectivity index is 2.60. The second-order valence-electron chi connectivity index (χ2n) is 5.49. The van der Waals surface area contributed by atoms with E-state index in [1.54, 1.807) is 12.1 Å². The molecule has 0 saturated carbocycles. The van der Waals surface area contributed by atoms with Crippen molar-refractivity contribution >= 4 is 21.6 Å². The molecule has 0 saturated heterocycles. The molecule has 1 rings (SSSR count). The Labute approximate surface area is 127 Å². The van der Waals surface area contributed by atoms with E-state index < -0.39 is 4.92 Å². The lowest BCUT2D eigenvalue weighted by Gasteiger charge is -2.21. The van der Waals surface area contributed by atoms with Gasteiger partial charge in [-0.2, -0.15) is 0 Å². The lowest BCUT2D eigenvalue weighted by molar-refractivity contribution is -0.385. The second kappa shape index (κ2) is 6.85. The van der Waals surface area contributed by atoms with Crippen LogP contribution in [0.15, 0.2) is 34.8 Å². The average molecular weight is 343 g/mol. The lowest BCUT2D eigenvalue weighted by Crippen LogP contribution is -2.37. The quantitative estimate of drug-likeness (QED) is 0.486. The fourth-order valence-corrected chi connectivity index (χ4v) is 1.90. The summed E-state index contributed by atoms with van der Waals surface area (Å²) >= 11 is 3.19. The van der Waals surface area contributed by atoms with Crippen LogP contribution >= 0.6 is 15.9 Å². The van der Waals surface area contributed by atoms with Crippen LogP contribution in [0.3, 0.4) is 0 Å². The first-order chi connectivity index (χ1) is 9.20. The maximum absolute atomic E-state index is 10.8. The van der Waals surface area contributed by atoms with E-state index in [1.165, 1.54) is 6.07 Å². The van der Waals surface area contributed by atoms with Crippen LogP contribution in [0.2, 0.25) is 0 Å². The monoisotopic (exact) mass is 342 g/mol. The van der Waals surface area contributed by atoms with Gasteiger partial charge in [-0.25, -0.2) is 0 Å². The fraction of sp³-hybridized carbons (Fsp3) is 0.429. The minimum atomic E-state index is -0.451. The normalized spacial score (nSPS) is 11.2. The molecule has 5 nitrogen and oxygen atoms in total. The van der Waals surface area contributed by atoms with E-state index in [4.69, 9.17) is 4.74 Å². The predicted molar refractivity (Wildman–Crippen MR) is 83.2 cm³/mol. The van der Waals surface area contributed by atoms with E-state index in [0.29, 0.717) is 23.4 Å². The van der Waals surface area contributed by atoms with Crippen molar-refractivity contribution in [2.24, 2.45) is 0 Å². The lowest BCUT2D eigenvalue weighted by atomic mass is 10.1. The minimum Gasteiger partial charge on any atom is -0.488 e. The summed E-state index contributed by atoms with van der Waals surface area (Å²) < 4.78 is 5.91. The Kier molecular flexibility index (Phi) is 5.71. The van der Waals surface area contributed by atoms with Crippen molar-refractivity contribution < 1.29 is 9.66 Å². The van der Waals surface area contributed by atoms with Crippen LogP contribution in [0.25, 0.3) is 0 Å². The first-order valence-electron chi connectivity index (χ1n) is 6.18. The van der Waals surface area contributed by atoms with E-state index in [-0.39, 0.29) is 11.2 Å². The smallest absolute Gasteiger partial charge is 0.287 e. The van der Waals surface area contributed by atoms with Crippen LogP contribution in [0.4, 0.5) is 5.69 Å². The molecule has 0 aliphatic carbocycles. The molecule has 0 spiro atoms. The number of nitro groups is 1. The Morgan fingerprint density at radius 1 is 1.50 bits per heavy atom. The van der Waals surface area contributed by atoms with Gasteiger partial charge in [0.15, 0.2) is 0 Å². The molecule has 110 valence electrons. The standard InChI is InChI=1S/C14H19BrN2O3/c1-10(8-16-14(2,3)4)9-20-12-7-5-6-11(13(12)15)17(18)19/h5-7,16H,1,8-9H2,2-4H3. The maximum atomic E-state index is 10.8. The third-order valence-electron chi connectivity index (χ3n) is 2.44. The summed E-state index contributed by atoms with van der Waals surface area (Å²) in [6.45, 7) is 11.1. The van der Waals surface area contributed by atoms with Crippen molar-refractivity contribution in [2.45, 2.75) is 26.3 Å². The highest BCUT2D eigenvalue weighted by atomic mass is 79.9. The number of nitrogens with one attached hydrogen (secondary N) is 1. The highest BCUT2D eigenvalue weighted by Crippen LogP contribution is 2.33. The van der Waals surface area contributed by atoms with Gasteiger partial charge in [-0.3, -0.25) is 10.1 Å². The van der Waals surface area contributed by atoms with Crippen molar-refractivity contribution in [3.63, 3.8) is 0 Å². The summed E-state index contributed by atoms with van der Waals surface area (Å²) in [4.78, 5) is 10.4. The average Bonchev–Trinajstić information content (AvgIpc) is 2.34. The van der Waals surface area contributed by atoms with E-state index in [9.17, 15) is 10.1 Å². The molecule has 0 aliphatic heterocycles. The molecule has 20 heavy (non-hydrogen) atoms. The van der Waals surface area contributed by atoms with E-state index in [0.717, 1.165) is 5.57 Å². The summed E-state index contributed by atoms with van der Waals surface area (Å²) in [5.41, 5.74) is 0.869. The van der Waals surface area contributed by atoms with E-state index in [1.807, 2.05) is 0 Å². The van der Waals surface area contributed by atoms with Gasteiger partial charge >= 0.3 is 0 Å². The molecule has 0 fully saturated rings. The van der Waals surface area contributed by atoms with Crippen LogP contribution in [0.5, 0.6) is 5.75 Å². The number of halogens is 1. The highest BCUT2D eigenvalue weighted by molar-refractivity contribution is 9.10. The molecule has 1 aromatic rings. The molecule has 6 heteroatoms. The topological polar surface area (TPSA) is 64.4 Å². The van der Waals surface area contributed by atoms with Gasteiger partial charge < -0.3 is 10.1 Å². The van der Waals surface area contributed by atoms with E-state index in [2.05, 4.69) is 48.6 Å². The summed E-state index contributed by atoms with van der Waals surface area (Å²) in [5.74, 6) is 0.441. The fourth-order valence-electron chi connectivity index (χ4n) is 1.37. The summed E-state index contributed by atoms with van der Waals surface area (Å²) in [6.07, 6.45) is 0. The molecule has 0 atom stereocenters. The molecule has 0 aromatic heterocycles. The van der Waals surface area contributed by atoms with Crippen LogP contribution in [0, 0.1) is 10.1 Å². The van der Waals surface area contributed by atoms with Crippen molar-refractivity contribution in [3.05, 3.63) is 44.9 Å². The molecule has 0 unspecified atom stereocenters. The zero-order valence-corrected chi connectivity index (χ0v) is 13.5. The van der Waals surface area contributed by atoms with Gasteiger partial charge in [0, 0.05) is 18.2 Å². The van der Waals surface area contributed by atoms with Crippen LogP contribution in [0.1, 0.15) is 20.8 Å². The summed E-state index contributed by atoms with van der Waals surface area (Å²) in [5, 5.41) is 14.1. The molecular formula is C14H19BrN2O3. The van der Waals surface area contributed by atoms with Crippen LogP contribution in [-0.4, -0.2) is 23.6 Å². The van der Waals surface area contributed by atoms with Gasteiger partial charge in [-0.1, -0.05) is 12.6 Å². The Morgan fingerprint density at radius 3 is 2.70 bits per heavy atom. The molecule has 0 amide bonds. The van der Waals surface area contributed by atoms with Gasteiger partial charge in [-0.05, 0) is 48.3 Å². The Morgan fingerprint density at radius 2 is 2.15 bits per heavy atom. The SMILES string of the molecule is C=C(CNC(C)(C)C)COc1cccc([N+](=O)[O-])c1Br. The van der Waals surface area contributed by atoms with Crippen LogP contribution in [-0.2, 0) is 0 Å². The van der Waals surface area contributed by atoms with Crippen molar-refractivity contribution in [3.8, 4) is 5.75 Å². The second-order valence-corrected chi connectivity index (χ2v) is 6.28. The summed E-state index contributed by atoms with van der Waals surface area (Å²) in [7, 11) is 0. The Hall–Kier alpha value is -1.40. The van der Waals surface area contributed by atoms with Crippen molar-refractivity contribution in [1.82, 2.24) is 5.32 Å². The molecule has 0 bridgehead atoms. The molecule has 0 heterocycles. The van der Waals surface area contributed by atoms with Crippen molar-refractivity contribution in [2.75, 3.05) is 13.2 Å². The maximum Gasteiger partial charge on any atom is 0.287 e. The zero-order chi connectivity index (χ0) is 15.3. The van der Waals surface area contributed by atoms with E-state index >= 15 is 0 Å². The zero-order valence-electron chi connectivity index (χ0n) is 11.9. The number of nitro benzene ring substituents is 1. The number of benzene rings is 1. The minimum absolute atomic E-state index is 0.00898. The van der Waals surface area contributed by atoms with Crippen LogP contribution < -0.4 is 10.1 Å². The van der Waals surface area contributed by atoms with Gasteiger partial charge in [-0.15, -0.1) is 0 Å². The predicted octanol–water partition coefficient (Wildman–Crippen LogP) is 3.68. The largest absolute Gasteiger partial charge is 0.488 e. The van der Waals surface area contributed by atoms with Crippen molar-refractivity contribution in [1.29, 1.82) is 0 Å². The number of ether oxygens (including phenoxy) is 1. The highest BCUT2D eigenvalue weighted by Gasteiger charge is 2.16. The first kappa shape index (κ1) is 16.7. The molecule has 1 aromatic carbocycles. The number of rotatable bonds is 6.